The van der Waals surface area contributed by atoms with E-state index in [0.29, 0.717) is 0 Å². The third-order valence-electron chi connectivity index (χ3n) is 4.15. The Balaban J connectivity index is 1.80. The van der Waals surface area contributed by atoms with Crippen molar-refractivity contribution in [2.24, 2.45) is 0 Å². The Morgan fingerprint density at radius 1 is 1.04 bits per heavy atom. The molecular formula is C19H20O3S. The molecule has 23 heavy (non-hydrogen) atoms. The second-order valence-corrected chi connectivity index (χ2v) is 7.29. The number of rotatable bonds is 5. The quantitative estimate of drug-likeness (QED) is 0.833. The van der Waals surface area contributed by atoms with Crippen molar-refractivity contribution in [1.29, 1.82) is 0 Å². The van der Waals surface area contributed by atoms with Crippen molar-refractivity contribution < 1.29 is 14.6 Å². The maximum absolute atomic E-state index is 11.3. The largest absolute Gasteiger partial charge is 0.481 e. The van der Waals surface area contributed by atoms with E-state index >= 15 is 0 Å². The molecule has 3 rings (SSSR count). The molecule has 1 atom stereocenters. The van der Waals surface area contributed by atoms with Gasteiger partial charge in [-0.05, 0) is 48.4 Å². The molecule has 1 aliphatic heterocycles. The smallest absolute Gasteiger partial charge is 0.305 e. The van der Waals surface area contributed by atoms with Gasteiger partial charge in [0, 0.05) is 0 Å². The van der Waals surface area contributed by atoms with Crippen LogP contribution in [0.4, 0.5) is 0 Å². The van der Waals surface area contributed by atoms with E-state index in [1.54, 1.807) is 11.8 Å². The van der Waals surface area contributed by atoms with Crippen LogP contribution in [0.1, 0.15) is 31.2 Å². The molecule has 0 aliphatic carbocycles. The summed E-state index contributed by atoms with van der Waals surface area (Å²) in [6.07, 6.45) is 3.35. The summed E-state index contributed by atoms with van der Waals surface area (Å²) in [4.78, 5) is 11.3. The number of aliphatic carboxylic acids is 1. The summed E-state index contributed by atoms with van der Waals surface area (Å²) in [5.41, 5.74) is 1.09. The zero-order chi connectivity index (χ0) is 16.1. The van der Waals surface area contributed by atoms with Crippen LogP contribution in [-0.2, 0) is 9.54 Å². The van der Waals surface area contributed by atoms with Gasteiger partial charge < -0.3 is 9.84 Å². The van der Waals surface area contributed by atoms with Crippen LogP contribution < -0.4 is 4.74 Å². The molecule has 3 nitrogen and oxygen atoms in total. The molecule has 0 aromatic heterocycles. The molecule has 2 aromatic rings. The van der Waals surface area contributed by atoms with Gasteiger partial charge >= 0.3 is 5.97 Å². The fourth-order valence-corrected chi connectivity index (χ4v) is 4.57. The molecular weight excluding hydrogens is 308 g/mol. The summed E-state index contributed by atoms with van der Waals surface area (Å²) in [7, 11) is 0. The van der Waals surface area contributed by atoms with E-state index in [1.165, 1.54) is 6.42 Å². The first-order valence-electron chi connectivity index (χ1n) is 7.87. The van der Waals surface area contributed by atoms with Crippen LogP contribution in [0.15, 0.2) is 54.6 Å². The molecule has 4 heteroatoms. The van der Waals surface area contributed by atoms with Gasteiger partial charge in [0.25, 0.3) is 0 Å². The number of carbonyl (C=O) groups is 1. The van der Waals surface area contributed by atoms with E-state index in [2.05, 4.69) is 0 Å². The summed E-state index contributed by atoms with van der Waals surface area (Å²) in [5, 5.41) is 9.30. The lowest BCUT2D eigenvalue weighted by molar-refractivity contribution is -0.137. The lowest BCUT2D eigenvalue weighted by Crippen LogP contribution is -2.28. The summed E-state index contributed by atoms with van der Waals surface area (Å²) < 4.78 is 5.52. The van der Waals surface area contributed by atoms with Crippen molar-refractivity contribution >= 4 is 17.7 Å². The van der Waals surface area contributed by atoms with Gasteiger partial charge in [-0.25, -0.2) is 0 Å². The van der Waals surface area contributed by atoms with Gasteiger partial charge in [-0.1, -0.05) is 36.8 Å². The lowest BCUT2D eigenvalue weighted by atomic mass is 9.89. The summed E-state index contributed by atoms with van der Waals surface area (Å²) in [5.74, 6) is 1.86. The Morgan fingerprint density at radius 3 is 2.35 bits per heavy atom. The first-order valence-corrected chi connectivity index (χ1v) is 8.86. The van der Waals surface area contributed by atoms with Gasteiger partial charge in [-0.3, -0.25) is 4.79 Å². The molecule has 1 unspecified atom stereocenters. The van der Waals surface area contributed by atoms with E-state index in [1.807, 2.05) is 54.6 Å². The SMILES string of the molecule is O=C(O)CC1(c2ccc(Oc3ccccc3)cc2)CCCCS1. The van der Waals surface area contributed by atoms with Crippen LogP contribution in [0.2, 0.25) is 0 Å². The van der Waals surface area contributed by atoms with Crippen LogP contribution in [0.25, 0.3) is 0 Å². The molecule has 0 bridgehead atoms. The number of hydrogen-bond acceptors (Lipinski definition) is 3. The second kappa shape index (κ2) is 7.09. The molecule has 0 spiro atoms. The maximum Gasteiger partial charge on any atom is 0.305 e. The Labute approximate surface area is 140 Å². The monoisotopic (exact) mass is 328 g/mol. The van der Waals surface area contributed by atoms with Gasteiger partial charge in [0.05, 0.1) is 11.2 Å². The molecule has 1 saturated heterocycles. The zero-order valence-corrected chi connectivity index (χ0v) is 13.7. The molecule has 1 fully saturated rings. The Kier molecular flexibility index (Phi) is 4.91. The number of carboxylic acid groups (broad SMARTS) is 1. The zero-order valence-electron chi connectivity index (χ0n) is 12.9. The van der Waals surface area contributed by atoms with Crippen molar-refractivity contribution in [3.8, 4) is 11.5 Å². The predicted octanol–water partition coefficient (Wildman–Crippen LogP) is 5.07. The van der Waals surface area contributed by atoms with Crippen molar-refractivity contribution in [1.82, 2.24) is 0 Å². The number of carboxylic acids is 1. The number of benzene rings is 2. The number of para-hydroxylation sites is 1. The van der Waals surface area contributed by atoms with Gasteiger partial charge in [0.1, 0.15) is 11.5 Å². The fourth-order valence-electron chi connectivity index (χ4n) is 3.02. The standard InChI is InChI=1S/C19H20O3S/c20-18(21)14-19(12-4-5-13-23-19)15-8-10-17(11-9-15)22-16-6-2-1-3-7-16/h1-3,6-11H,4-5,12-14H2,(H,20,21). The highest BCUT2D eigenvalue weighted by Crippen LogP contribution is 2.48. The Bertz CT molecular complexity index is 646. The number of ether oxygens (including phenoxy) is 1. The third-order valence-corrected chi connectivity index (χ3v) is 5.78. The molecule has 0 radical (unpaired) electrons. The summed E-state index contributed by atoms with van der Waals surface area (Å²) in [6.45, 7) is 0. The van der Waals surface area contributed by atoms with Crippen molar-refractivity contribution in [3.05, 3.63) is 60.2 Å². The van der Waals surface area contributed by atoms with Crippen LogP contribution in [0.5, 0.6) is 11.5 Å². The third kappa shape index (κ3) is 3.88. The average Bonchev–Trinajstić information content (AvgIpc) is 2.57. The molecule has 0 amide bonds. The first kappa shape index (κ1) is 15.9. The molecule has 120 valence electrons. The maximum atomic E-state index is 11.3. The highest BCUT2D eigenvalue weighted by molar-refractivity contribution is 8.00. The Hall–Kier alpha value is -1.94. The highest BCUT2D eigenvalue weighted by atomic mass is 32.2. The number of thioether (sulfide) groups is 1. The second-order valence-electron chi connectivity index (χ2n) is 5.81. The van der Waals surface area contributed by atoms with E-state index in [-0.39, 0.29) is 11.2 Å². The molecule has 1 N–H and O–H groups in total. The molecule has 1 aliphatic rings. The van der Waals surface area contributed by atoms with Gasteiger partial charge in [-0.15, -0.1) is 11.8 Å². The topological polar surface area (TPSA) is 46.5 Å². The predicted molar refractivity (Wildman–Crippen MR) is 93.2 cm³/mol. The minimum absolute atomic E-state index is 0.177. The van der Waals surface area contributed by atoms with Gasteiger partial charge in [0.2, 0.25) is 0 Å². The van der Waals surface area contributed by atoms with Crippen LogP contribution in [0, 0.1) is 0 Å². The Morgan fingerprint density at radius 2 is 1.74 bits per heavy atom. The van der Waals surface area contributed by atoms with Crippen LogP contribution in [-0.4, -0.2) is 16.8 Å². The lowest BCUT2D eigenvalue weighted by Gasteiger charge is -2.36. The minimum atomic E-state index is -0.732. The summed E-state index contributed by atoms with van der Waals surface area (Å²) >= 11 is 1.78. The van der Waals surface area contributed by atoms with Crippen LogP contribution in [0.3, 0.4) is 0 Å². The first-order chi connectivity index (χ1) is 11.2. The van der Waals surface area contributed by atoms with Crippen molar-refractivity contribution in [2.45, 2.75) is 30.4 Å². The van der Waals surface area contributed by atoms with E-state index in [0.717, 1.165) is 35.7 Å². The molecule has 2 aromatic carbocycles. The van der Waals surface area contributed by atoms with E-state index in [9.17, 15) is 9.90 Å². The summed E-state index contributed by atoms with van der Waals surface area (Å²) in [6, 6.07) is 17.5. The van der Waals surface area contributed by atoms with Crippen LogP contribution >= 0.6 is 11.8 Å². The van der Waals surface area contributed by atoms with E-state index < -0.39 is 5.97 Å². The fraction of sp³-hybridized carbons (Fsp3) is 0.316. The highest BCUT2D eigenvalue weighted by Gasteiger charge is 2.36. The average molecular weight is 328 g/mol. The van der Waals surface area contributed by atoms with Crippen molar-refractivity contribution in [2.75, 3.05) is 5.75 Å². The van der Waals surface area contributed by atoms with Gasteiger partial charge in [-0.2, -0.15) is 0 Å². The van der Waals surface area contributed by atoms with Crippen molar-refractivity contribution in [3.63, 3.8) is 0 Å². The molecule has 1 heterocycles. The molecule has 0 saturated carbocycles. The van der Waals surface area contributed by atoms with Gasteiger partial charge in [0.15, 0.2) is 0 Å². The number of hydrogen-bond donors (Lipinski definition) is 1. The normalized spacial score (nSPS) is 20.9. The minimum Gasteiger partial charge on any atom is -0.481 e. The van der Waals surface area contributed by atoms with E-state index in [4.69, 9.17) is 4.74 Å².